The molecule has 0 fully saturated rings. The van der Waals surface area contributed by atoms with Crippen LogP contribution in [0.5, 0.6) is 0 Å². The fraction of sp³-hybridized carbons (Fsp3) is 0.797. The van der Waals surface area contributed by atoms with Gasteiger partial charge in [0.25, 0.3) is 0 Å². The Kier molecular flexibility index (Phi) is 35.9. The smallest absolute Gasteiger partial charge is 0.306 e. The van der Waals surface area contributed by atoms with Crippen molar-refractivity contribution < 1.29 is 43.8 Å². The van der Waals surface area contributed by atoms with Crippen LogP contribution in [0.3, 0.4) is 0 Å². The lowest BCUT2D eigenvalue weighted by atomic mass is 9.66. The van der Waals surface area contributed by atoms with Crippen molar-refractivity contribution in [3.05, 3.63) is 36.5 Å². The predicted molar refractivity (Wildman–Crippen MR) is 323 cm³/mol. The number of carbonyl (C=O) groups excluding carboxylic acids is 5. The first-order valence-corrected chi connectivity index (χ1v) is 29.3. The number of amides is 5. The normalized spacial score (nSPS) is 15.9. The van der Waals surface area contributed by atoms with Crippen LogP contribution in [-0.4, -0.2) is 72.8 Å². The van der Waals surface area contributed by atoms with Crippen LogP contribution in [0.2, 0.25) is 0 Å². The summed E-state index contributed by atoms with van der Waals surface area (Å²) in [7, 11) is 4.83. The SMILES string of the molecule is C=C(CCCC(C)(CC(C)(CC(C)C(=O)O)C(N)=O)C(=O)NC)CCC(C)(C)CC.C=C(CCCC(C)(CC(C)C(=O)O)C(=O)NC)CCC(C)(C)CC.C=C(CCCC(C)(CC(C)C(N)=O)C(=O)NC)CCC(C)(C)CC. The molecular weight excluding hydrogens is 983 g/mol. The predicted octanol–water partition coefficient (Wildman–Crippen LogP) is 13.7. The van der Waals surface area contributed by atoms with Crippen molar-refractivity contribution in [3.8, 4) is 0 Å². The van der Waals surface area contributed by atoms with E-state index in [-0.39, 0.29) is 42.4 Å². The van der Waals surface area contributed by atoms with Gasteiger partial charge in [0.2, 0.25) is 29.5 Å². The molecule has 14 nitrogen and oxygen atoms in total. The molecule has 0 aliphatic rings. The minimum absolute atomic E-state index is 0.0201. The zero-order valence-corrected chi connectivity index (χ0v) is 53.3. The van der Waals surface area contributed by atoms with Crippen LogP contribution >= 0.6 is 0 Å². The molecule has 0 aromatic heterocycles. The third-order valence-electron chi connectivity index (χ3n) is 17.4. The Bertz CT molecular complexity index is 1860. The Morgan fingerprint density at radius 2 is 0.679 bits per heavy atom. The fourth-order valence-corrected chi connectivity index (χ4v) is 9.86. The molecule has 78 heavy (non-hydrogen) atoms. The summed E-state index contributed by atoms with van der Waals surface area (Å²) in [4.78, 5) is 83.3. The van der Waals surface area contributed by atoms with Crippen molar-refractivity contribution in [1.82, 2.24) is 16.0 Å². The Morgan fingerprint density at radius 1 is 0.423 bits per heavy atom. The molecule has 0 aromatic rings. The Balaban J connectivity index is -0.00000109. The molecule has 0 aliphatic heterocycles. The number of carbonyl (C=O) groups is 7. The molecule has 7 atom stereocenters. The van der Waals surface area contributed by atoms with Crippen LogP contribution in [0, 0.1) is 55.7 Å². The summed E-state index contributed by atoms with van der Waals surface area (Å²) >= 11 is 0. The largest absolute Gasteiger partial charge is 0.481 e. The highest BCUT2D eigenvalue weighted by Crippen LogP contribution is 2.43. The number of allylic oxidation sites excluding steroid dienone is 3. The van der Waals surface area contributed by atoms with Crippen molar-refractivity contribution >= 4 is 41.5 Å². The zero-order valence-electron chi connectivity index (χ0n) is 53.3. The van der Waals surface area contributed by atoms with Gasteiger partial charge in [0.05, 0.1) is 11.8 Å². The summed E-state index contributed by atoms with van der Waals surface area (Å²) in [5.41, 5.74) is 12.6. The van der Waals surface area contributed by atoms with Crippen molar-refractivity contribution in [2.24, 2.45) is 67.1 Å². The Labute approximate surface area is 476 Å². The molecule has 7 unspecified atom stereocenters. The standard InChI is InChI=1S/C24H44N2O4.C20H38N2O2.C20H37NO3/c1-9-22(4,5)14-12-17(2)11-10-13-23(6,21(30)26-8)16-24(7,20(25)29)15-18(3)19(27)28;1-8-19(4,5)13-11-15(2)10-9-12-20(6,18(24)22-7)14-16(3)17(21)23;1-8-19(4,5)13-11-15(2)10-9-12-20(6,18(24)21-7)14-16(3)17(22)23/h18H,2,9-16H2,1,3-8H3,(H2,25,29)(H,26,30)(H,27,28);16H,2,8-14H2,1,3-7H3,(H2,21,23)(H,22,24);16H,2,8-14H2,1,3-7H3,(H,21,24)(H,22,23). The fourth-order valence-electron chi connectivity index (χ4n) is 9.86. The Hall–Kier alpha value is -4.49. The molecule has 0 aromatic carbocycles. The average molecular weight is 1100 g/mol. The van der Waals surface area contributed by atoms with Gasteiger partial charge in [-0.2, -0.15) is 0 Å². The molecule has 0 saturated carbocycles. The minimum atomic E-state index is -1.08. The van der Waals surface area contributed by atoms with Gasteiger partial charge in [0.15, 0.2) is 0 Å². The first kappa shape index (κ1) is 77.7. The van der Waals surface area contributed by atoms with Gasteiger partial charge < -0.3 is 37.6 Å². The Morgan fingerprint density at radius 3 is 0.923 bits per heavy atom. The molecule has 0 spiro atoms. The maximum atomic E-state index is 12.7. The molecule has 0 heterocycles. The molecule has 0 bridgehead atoms. The lowest BCUT2D eigenvalue weighted by Gasteiger charge is -2.37. The number of hydrogen-bond acceptors (Lipinski definition) is 7. The minimum Gasteiger partial charge on any atom is -0.481 e. The number of carboxylic acids is 2. The van der Waals surface area contributed by atoms with Crippen LogP contribution in [0.15, 0.2) is 36.5 Å². The summed E-state index contributed by atoms with van der Waals surface area (Å²) in [6.45, 7) is 45.1. The highest BCUT2D eigenvalue weighted by molar-refractivity contribution is 5.86. The van der Waals surface area contributed by atoms with Crippen molar-refractivity contribution in [2.75, 3.05) is 21.1 Å². The second kappa shape index (κ2) is 36.0. The number of nitrogens with one attached hydrogen (secondary N) is 3. The lowest BCUT2D eigenvalue weighted by Crippen LogP contribution is -2.46. The van der Waals surface area contributed by atoms with Crippen LogP contribution in [-0.2, 0) is 33.6 Å². The first-order chi connectivity index (χ1) is 35.6. The van der Waals surface area contributed by atoms with E-state index in [9.17, 15) is 38.7 Å². The van der Waals surface area contributed by atoms with E-state index in [1.165, 1.54) is 23.1 Å². The third-order valence-corrected chi connectivity index (χ3v) is 17.4. The van der Waals surface area contributed by atoms with E-state index in [0.29, 0.717) is 41.9 Å². The third kappa shape index (κ3) is 31.3. The van der Waals surface area contributed by atoms with Gasteiger partial charge >= 0.3 is 11.9 Å². The van der Waals surface area contributed by atoms with Gasteiger partial charge in [-0.05, 0) is 138 Å². The van der Waals surface area contributed by atoms with Gasteiger partial charge in [0.1, 0.15) is 0 Å². The molecule has 0 radical (unpaired) electrons. The van der Waals surface area contributed by atoms with Gasteiger partial charge in [-0.1, -0.05) is 166 Å². The molecule has 9 N–H and O–H groups in total. The van der Waals surface area contributed by atoms with E-state index < -0.39 is 51.3 Å². The topological polar surface area (TPSA) is 248 Å². The summed E-state index contributed by atoms with van der Waals surface area (Å²) in [6.07, 6.45) is 18.2. The van der Waals surface area contributed by atoms with Crippen LogP contribution in [0.25, 0.3) is 0 Å². The number of rotatable bonds is 39. The average Bonchev–Trinajstić information content (AvgIpc) is 3.36. The molecule has 454 valence electrons. The van der Waals surface area contributed by atoms with E-state index in [4.69, 9.17) is 16.6 Å². The monoisotopic (exact) mass is 1100 g/mol. The highest BCUT2D eigenvalue weighted by atomic mass is 16.4. The molecule has 0 saturated heterocycles. The second-order valence-electron chi connectivity index (χ2n) is 26.8. The summed E-state index contributed by atoms with van der Waals surface area (Å²) in [5, 5.41) is 26.5. The van der Waals surface area contributed by atoms with Crippen LogP contribution in [0.4, 0.5) is 0 Å². The molecule has 5 amide bonds. The number of hydrogen-bond donors (Lipinski definition) is 7. The summed E-state index contributed by atoms with van der Waals surface area (Å²) < 4.78 is 0. The van der Waals surface area contributed by atoms with Gasteiger partial charge in [-0.3, -0.25) is 33.6 Å². The van der Waals surface area contributed by atoms with Crippen molar-refractivity contribution in [1.29, 1.82) is 0 Å². The van der Waals surface area contributed by atoms with E-state index in [0.717, 1.165) is 96.3 Å². The maximum absolute atomic E-state index is 12.7. The first-order valence-electron chi connectivity index (χ1n) is 29.3. The van der Waals surface area contributed by atoms with E-state index >= 15 is 0 Å². The number of primary amides is 2. The van der Waals surface area contributed by atoms with Gasteiger partial charge in [-0.25, -0.2) is 0 Å². The number of aliphatic carboxylic acids is 2. The number of carboxylic acid groups (broad SMARTS) is 2. The molecule has 0 rings (SSSR count). The van der Waals surface area contributed by atoms with Gasteiger partial charge in [-0.15, -0.1) is 0 Å². The maximum Gasteiger partial charge on any atom is 0.306 e. The van der Waals surface area contributed by atoms with E-state index in [1.807, 2.05) is 20.8 Å². The molecular formula is C64H119N5O9. The number of nitrogens with two attached hydrogens (primary N) is 2. The van der Waals surface area contributed by atoms with Crippen LogP contribution < -0.4 is 27.4 Å². The molecule has 14 heteroatoms. The molecule has 0 aliphatic carbocycles. The second-order valence-corrected chi connectivity index (χ2v) is 26.8. The van der Waals surface area contributed by atoms with Crippen molar-refractivity contribution in [3.63, 3.8) is 0 Å². The summed E-state index contributed by atoms with van der Waals surface area (Å²) in [6, 6.07) is 0. The lowest BCUT2D eigenvalue weighted by molar-refractivity contribution is -0.145. The quantitative estimate of drug-likeness (QED) is 0.0289. The zero-order chi connectivity index (χ0) is 61.7. The van der Waals surface area contributed by atoms with Gasteiger partial charge in [0, 0.05) is 48.7 Å². The van der Waals surface area contributed by atoms with E-state index in [2.05, 4.69) is 98.0 Å². The highest BCUT2D eigenvalue weighted by Gasteiger charge is 2.45. The van der Waals surface area contributed by atoms with Crippen LogP contribution in [0.1, 0.15) is 252 Å². The van der Waals surface area contributed by atoms with Crippen molar-refractivity contribution in [2.45, 2.75) is 252 Å². The van der Waals surface area contributed by atoms with E-state index in [1.54, 1.807) is 48.8 Å². The summed E-state index contributed by atoms with van der Waals surface area (Å²) in [5.74, 6) is -4.56.